The quantitative estimate of drug-likeness (QED) is 0.557. The number of hydrogen-bond acceptors (Lipinski definition) is 3. The number of rotatable bonds is 2. The highest BCUT2D eigenvalue weighted by atomic mass is 16.2. The standard InChI is InChI=1S/C12H11NO3/c1-7(2)13-11(15)9-5-3-4-8(6-14)10(9)12(13)16/h3-7H,1-2H3. The Labute approximate surface area is 92.9 Å². The molecule has 2 rings (SSSR count). The van der Waals surface area contributed by atoms with Crippen molar-refractivity contribution in [1.82, 2.24) is 4.90 Å². The zero-order valence-corrected chi connectivity index (χ0v) is 9.06. The maximum Gasteiger partial charge on any atom is 0.262 e. The topological polar surface area (TPSA) is 54.5 Å². The van der Waals surface area contributed by atoms with Gasteiger partial charge in [-0.2, -0.15) is 0 Å². The molecule has 0 unspecified atom stereocenters. The molecule has 82 valence electrons. The van der Waals surface area contributed by atoms with E-state index in [4.69, 9.17) is 0 Å². The summed E-state index contributed by atoms with van der Waals surface area (Å²) in [6.45, 7) is 3.53. The van der Waals surface area contributed by atoms with E-state index in [1.54, 1.807) is 32.0 Å². The van der Waals surface area contributed by atoms with Crippen LogP contribution in [-0.2, 0) is 0 Å². The van der Waals surface area contributed by atoms with Gasteiger partial charge in [-0.3, -0.25) is 19.3 Å². The lowest BCUT2D eigenvalue weighted by atomic mass is 10.0. The van der Waals surface area contributed by atoms with E-state index in [1.165, 1.54) is 4.90 Å². The van der Waals surface area contributed by atoms with Gasteiger partial charge in [0.1, 0.15) is 0 Å². The van der Waals surface area contributed by atoms with Crippen LogP contribution in [0.25, 0.3) is 0 Å². The van der Waals surface area contributed by atoms with Crippen LogP contribution in [0.4, 0.5) is 0 Å². The minimum Gasteiger partial charge on any atom is -0.298 e. The third kappa shape index (κ3) is 1.26. The van der Waals surface area contributed by atoms with E-state index in [-0.39, 0.29) is 29.0 Å². The Bertz CT molecular complexity index is 491. The fraction of sp³-hybridized carbons (Fsp3) is 0.250. The number of aldehydes is 1. The summed E-state index contributed by atoms with van der Waals surface area (Å²) in [6, 6.07) is 4.52. The van der Waals surface area contributed by atoms with E-state index >= 15 is 0 Å². The lowest BCUT2D eigenvalue weighted by Gasteiger charge is -2.17. The normalized spacial score (nSPS) is 14.6. The van der Waals surface area contributed by atoms with Crippen LogP contribution < -0.4 is 0 Å². The summed E-state index contributed by atoms with van der Waals surface area (Å²) in [4.78, 5) is 35.9. The van der Waals surface area contributed by atoms with Crippen LogP contribution in [0, 0.1) is 0 Å². The summed E-state index contributed by atoms with van der Waals surface area (Å²) in [5.41, 5.74) is 0.832. The van der Waals surface area contributed by atoms with Crippen LogP contribution in [0.15, 0.2) is 18.2 Å². The molecule has 1 aliphatic rings. The summed E-state index contributed by atoms with van der Waals surface area (Å²) >= 11 is 0. The van der Waals surface area contributed by atoms with Gasteiger partial charge in [0.15, 0.2) is 6.29 Å². The second-order valence-electron chi connectivity index (χ2n) is 3.96. The molecule has 0 saturated carbocycles. The van der Waals surface area contributed by atoms with E-state index < -0.39 is 0 Å². The van der Waals surface area contributed by atoms with Crippen LogP contribution in [-0.4, -0.2) is 29.0 Å². The lowest BCUT2D eigenvalue weighted by molar-refractivity contribution is 0.0608. The first-order chi connectivity index (χ1) is 7.57. The third-order valence-electron chi connectivity index (χ3n) is 2.62. The second-order valence-corrected chi connectivity index (χ2v) is 3.96. The van der Waals surface area contributed by atoms with Crippen molar-refractivity contribution in [2.24, 2.45) is 0 Å². The number of carbonyl (C=O) groups is 3. The van der Waals surface area contributed by atoms with Crippen molar-refractivity contribution in [1.29, 1.82) is 0 Å². The SMILES string of the molecule is CC(C)N1C(=O)c2cccc(C=O)c2C1=O. The molecule has 0 saturated heterocycles. The molecule has 0 spiro atoms. The summed E-state index contributed by atoms with van der Waals surface area (Å²) < 4.78 is 0. The van der Waals surface area contributed by atoms with Crippen molar-refractivity contribution < 1.29 is 14.4 Å². The number of carbonyl (C=O) groups excluding carboxylic acids is 3. The Morgan fingerprint density at radius 1 is 1.19 bits per heavy atom. The minimum absolute atomic E-state index is 0.202. The molecule has 1 heterocycles. The van der Waals surface area contributed by atoms with Crippen molar-refractivity contribution in [3.63, 3.8) is 0 Å². The fourth-order valence-electron chi connectivity index (χ4n) is 1.90. The van der Waals surface area contributed by atoms with Crippen molar-refractivity contribution in [3.8, 4) is 0 Å². The first-order valence-electron chi connectivity index (χ1n) is 5.04. The maximum absolute atomic E-state index is 12.0. The van der Waals surface area contributed by atoms with Gasteiger partial charge in [0.2, 0.25) is 0 Å². The summed E-state index contributed by atoms with van der Waals surface area (Å²) in [5.74, 6) is -0.698. The molecule has 0 aliphatic carbocycles. The molecule has 0 fully saturated rings. The Morgan fingerprint density at radius 2 is 1.88 bits per heavy atom. The molecule has 0 aromatic heterocycles. The summed E-state index contributed by atoms with van der Waals surface area (Å²) in [7, 11) is 0. The highest BCUT2D eigenvalue weighted by molar-refractivity contribution is 6.23. The van der Waals surface area contributed by atoms with Gasteiger partial charge in [-0.05, 0) is 19.9 Å². The largest absolute Gasteiger partial charge is 0.298 e. The molecular weight excluding hydrogens is 206 g/mol. The average molecular weight is 217 g/mol. The van der Waals surface area contributed by atoms with Crippen LogP contribution in [0.1, 0.15) is 44.9 Å². The van der Waals surface area contributed by atoms with Crippen LogP contribution in [0.2, 0.25) is 0 Å². The molecule has 4 nitrogen and oxygen atoms in total. The summed E-state index contributed by atoms with van der Waals surface area (Å²) in [5, 5.41) is 0. The van der Waals surface area contributed by atoms with Gasteiger partial charge in [0, 0.05) is 11.6 Å². The van der Waals surface area contributed by atoms with E-state index in [0.29, 0.717) is 11.8 Å². The molecule has 1 aromatic rings. The van der Waals surface area contributed by atoms with Gasteiger partial charge in [-0.15, -0.1) is 0 Å². The van der Waals surface area contributed by atoms with E-state index in [2.05, 4.69) is 0 Å². The summed E-state index contributed by atoms with van der Waals surface area (Å²) in [6.07, 6.45) is 0.605. The molecular formula is C12H11NO3. The van der Waals surface area contributed by atoms with Crippen molar-refractivity contribution in [3.05, 3.63) is 34.9 Å². The van der Waals surface area contributed by atoms with Gasteiger partial charge in [0.05, 0.1) is 11.1 Å². The van der Waals surface area contributed by atoms with Crippen molar-refractivity contribution >= 4 is 18.1 Å². The number of amides is 2. The zero-order valence-electron chi connectivity index (χ0n) is 9.06. The van der Waals surface area contributed by atoms with Gasteiger partial charge < -0.3 is 0 Å². The number of imide groups is 1. The number of nitrogens with zero attached hydrogens (tertiary/aromatic N) is 1. The van der Waals surface area contributed by atoms with Crippen LogP contribution in [0.3, 0.4) is 0 Å². The maximum atomic E-state index is 12.0. The molecule has 1 aliphatic heterocycles. The van der Waals surface area contributed by atoms with Crippen molar-refractivity contribution in [2.75, 3.05) is 0 Å². The second kappa shape index (κ2) is 3.56. The number of fused-ring (bicyclic) bond motifs is 1. The minimum atomic E-state index is -0.377. The predicted octanol–water partition coefficient (Wildman–Crippen LogP) is 1.50. The first kappa shape index (κ1) is 10.5. The van der Waals surface area contributed by atoms with E-state index in [0.717, 1.165) is 0 Å². The van der Waals surface area contributed by atoms with Gasteiger partial charge in [-0.1, -0.05) is 12.1 Å². The van der Waals surface area contributed by atoms with Gasteiger partial charge in [-0.25, -0.2) is 0 Å². The Balaban J connectivity index is 2.64. The highest BCUT2D eigenvalue weighted by Crippen LogP contribution is 2.26. The van der Waals surface area contributed by atoms with Crippen molar-refractivity contribution in [2.45, 2.75) is 19.9 Å². The van der Waals surface area contributed by atoms with E-state index in [1.807, 2.05) is 0 Å². The Hall–Kier alpha value is -1.97. The smallest absolute Gasteiger partial charge is 0.262 e. The molecule has 0 radical (unpaired) electrons. The molecule has 4 heteroatoms. The molecule has 1 aromatic carbocycles. The third-order valence-corrected chi connectivity index (χ3v) is 2.62. The average Bonchev–Trinajstić information content (AvgIpc) is 2.51. The van der Waals surface area contributed by atoms with Crippen LogP contribution in [0.5, 0.6) is 0 Å². The Morgan fingerprint density at radius 3 is 2.44 bits per heavy atom. The first-order valence-corrected chi connectivity index (χ1v) is 5.04. The van der Waals surface area contributed by atoms with Crippen LogP contribution >= 0.6 is 0 Å². The highest BCUT2D eigenvalue weighted by Gasteiger charge is 2.38. The van der Waals surface area contributed by atoms with Gasteiger partial charge >= 0.3 is 0 Å². The fourth-order valence-corrected chi connectivity index (χ4v) is 1.90. The molecule has 0 atom stereocenters. The zero-order chi connectivity index (χ0) is 11.9. The molecule has 16 heavy (non-hydrogen) atoms. The Kier molecular flexibility index (Phi) is 2.34. The monoisotopic (exact) mass is 217 g/mol. The lowest BCUT2D eigenvalue weighted by Crippen LogP contribution is -2.36. The molecule has 0 bridgehead atoms. The van der Waals surface area contributed by atoms with E-state index in [9.17, 15) is 14.4 Å². The predicted molar refractivity (Wildman–Crippen MR) is 57.5 cm³/mol. The molecule has 0 N–H and O–H groups in total. The number of hydrogen-bond donors (Lipinski definition) is 0. The molecule has 2 amide bonds. The number of benzene rings is 1. The van der Waals surface area contributed by atoms with Gasteiger partial charge in [0.25, 0.3) is 11.8 Å².